The van der Waals surface area contributed by atoms with E-state index in [-0.39, 0.29) is 0 Å². The van der Waals surface area contributed by atoms with Gasteiger partial charge in [0.15, 0.2) is 11.5 Å². The van der Waals surface area contributed by atoms with Crippen LogP contribution in [0.1, 0.15) is 0 Å². The summed E-state index contributed by atoms with van der Waals surface area (Å²) in [5, 5.41) is 13.3. The van der Waals surface area contributed by atoms with Crippen LogP contribution in [-0.2, 0) is 4.74 Å². The lowest BCUT2D eigenvalue weighted by atomic mass is 10.2. The fourth-order valence-electron chi connectivity index (χ4n) is 2.54. The van der Waals surface area contributed by atoms with Crippen molar-refractivity contribution in [3.05, 3.63) is 18.2 Å². The molecule has 21 heavy (non-hydrogen) atoms. The van der Waals surface area contributed by atoms with Gasteiger partial charge in [0.25, 0.3) is 0 Å². The van der Waals surface area contributed by atoms with Gasteiger partial charge in [0.2, 0.25) is 0 Å². The van der Waals surface area contributed by atoms with Crippen molar-refractivity contribution < 1.29 is 19.3 Å². The van der Waals surface area contributed by atoms with Crippen LogP contribution in [0.5, 0.6) is 11.5 Å². The Labute approximate surface area is 124 Å². The Morgan fingerprint density at radius 3 is 2.67 bits per heavy atom. The molecule has 1 atom stereocenters. The molecule has 2 N–H and O–H groups in total. The summed E-state index contributed by atoms with van der Waals surface area (Å²) in [7, 11) is 0. The van der Waals surface area contributed by atoms with Crippen LogP contribution in [0.25, 0.3) is 0 Å². The first kappa shape index (κ1) is 14.4. The Kier molecular flexibility index (Phi) is 4.80. The van der Waals surface area contributed by atoms with Gasteiger partial charge < -0.3 is 24.6 Å². The first-order valence-electron chi connectivity index (χ1n) is 7.43. The highest BCUT2D eigenvalue weighted by Gasteiger charge is 2.15. The number of aliphatic hydroxyl groups excluding tert-OH is 1. The second-order valence-electron chi connectivity index (χ2n) is 5.31. The molecule has 0 bridgehead atoms. The topological polar surface area (TPSA) is 63.2 Å². The minimum absolute atomic E-state index is 0.406. The van der Waals surface area contributed by atoms with Crippen molar-refractivity contribution in [3.63, 3.8) is 0 Å². The molecule has 2 heterocycles. The summed E-state index contributed by atoms with van der Waals surface area (Å²) in [6.07, 6.45) is -0.406. The van der Waals surface area contributed by atoms with Crippen LogP contribution in [0.3, 0.4) is 0 Å². The smallest absolute Gasteiger partial charge is 0.163 e. The van der Waals surface area contributed by atoms with Crippen molar-refractivity contribution >= 4 is 5.69 Å². The van der Waals surface area contributed by atoms with Gasteiger partial charge >= 0.3 is 0 Å². The van der Waals surface area contributed by atoms with Gasteiger partial charge in [-0.15, -0.1) is 0 Å². The van der Waals surface area contributed by atoms with Gasteiger partial charge in [-0.3, -0.25) is 4.90 Å². The maximum atomic E-state index is 10.1. The number of rotatable bonds is 5. The third kappa shape index (κ3) is 4.00. The highest BCUT2D eigenvalue weighted by atomic mass is 16.6. The van der Waals surface area contributed by atoms with Crippen molar-refractivity contribution in [2.24, 2.45) is 0 Å². The Morgan fingerprint density at radius 2 is 1.86 bits per heavy atom. The van der Waals surface area contributed by atoms with Crippen molar-refractivity contribution in [3.8, 4) is 11.5 Å². The van der Waals surface area contributed by atoms with E-state index in [2.05, 4.69) is 10.2 Å². The Morgan fingerprint density at radius 1 is 1.10 bits per heavy atom. The molecule has 1 saturated heterocycles. The summed E-state index contributed by atoms with van der Waals surface area (Å²) in [6, 6.07) is 5.75. The summed E-state index contributed by atoms with van der Waals surface area (Å²) in [4.78, 5) is 2.22. The van der Waals surface area contributed by atoms with E-state index in [1.54, 1.807) is 0 Å². The van der Waals surface area contributed by atoms with Gasteiger partial charge in [0, 0.05) is 37.9 Å². The Bertz CT molecular complexity index is 463. The second kappa shape index (κ2) is 6.98. The third-order valence-corrected chi connectivity index (χ3v) is 3.66. The summed E-state index contributed by atoms with van der Waals surface area (Å²) in [5.41, 5.74) is 0.931. The van der Waals surface area contributed by atoms with Crippen molar-refractivity contribution in [1.29, 1.82) is 0 Å². The van der Waals surface area contributed by atoms with Crippen molar-refractivity contribution in [2.45, 2.75) is 6.10 Å². The first-order chi connectivity index (χ1) is 10.3. The van der Waals surface area contributed by atoms with E-state index < -0.39 is 6.10 Å². The fraction of sp³-hybridized carbons (Fsp3) is 0.600. The molecule has 0 amide bonds. The standard InChI is InChI=1S/C15H22N2O4/c18-13(11-17-3-5-19-6-4-17)10-16-12-1-2-14-15(9-12)21-8-7-20-14/h1-2,9,13,16,18H,3-8,10-11H2. The Balaban J connectivity index is 1.47. The number of fused-ring (bicyclic) bond motifs is 1. The lowest BCUT2D eigenvalue weighted by Crippen LogP contribution is -2.42. The molecular weight excluding hydrogens is 272 g/mol. The zero-order chi connectivity index (χ0) is 14.5. The molecule has 6 nitrogen and oxygen atoms in total. The van der Waals surface area contributed by atoms with E-state index in [4.69, 9.17) is 14.2 Å². The second-order valence-corrected chi connectivity index (χ2v) is 5.31. The number of ether oxygens (including phenoxy) is 3. The van der Waals surface area contributed by atoms with Gasteiger partial charge in [0.1, 0.15) is 13.2 Å². The van der Waals surface area contributed by atoms with E-state index in [0.29, 0.717) is 26.3 Å². The normalized spacial score (nSPS) is 20.0. The van der Waals surface area contributed by atoms with E-state index in [9.17, 15) is 5.11 Å². The number of β-amino-alcohol motifs (C(OH)–C–C–N with tert-alkyl or cyclic N) is 1. The number of benzene rings is 1. The number of hydrogen-bond donors (Lipinski definition) is 2. The van der Waals surface area contributed by atoms with Crippen molar-refractivity contribution in [1.82, 2.24) is 4.90 Å². The maximum absolute atomic E-state index is 10.1. The van der Waals surface area contributed by atoms with Crippen LogP contribution in [0.4, 0.5) is 5.69 Å². The zero-order valence-electron chi connectivity index (χ0n) is 12.1. The number of nitrogens with one attached hydrogen (secondary N) is 1. The highest BCUT2D eigenvalue weighted by Crippen LogP contribution is 2.32. The number of hydrogen-bond acceptors (Lipinski definition) is 6. The third-order valence-electron chi connectivity index (χ3n) is 3.66. The molecule has 0 aromatic heterocycles. The van der Waals surface area contributed by atoms with Crippen LogP contribution in [-0.4, -0.2) is 68.7 Å². The molecule has 6 heteroatoms. The number of anilines is 1. The van der Waals surface area contributed by atoms with Gasteiger partial charge in [-0.2, -0.15) is 0 Å². The van der Waals surface area contributed by atoms with Gasteiger partial charge in [-0.05, 0) is 12.1 Å². The maximum Gasteiger partial charge on any atom is 0.163 e. The molecule has 1 unspecified atom stereocenters. The minimum atomic E-state index is -0.406. The SMILES string of the molecule is OC(CNc1ccc2c(c1)OCCO2)CN1CCOCC1. The fourth-order valence-corrected chi connectivity index (χ4v) is 2.54. The van der Waals surface area contributed by atoms with Gasteiger partial charge in [-0.25, -0.2) is 0 Å². The van der Waals surface area contributed by atoms with Crippen molar-refractivity contribution in [2.75, 3.05) is 57.9 Å². The highest BCUT2D eigenvalue weighted by molar-refractivity contribution is 5.55. The minimum Gasteiger partial charge on any atom is -0.486 e. The van der Waals surface area contributed by atoms with Crippen LogP contribution in [0.2, 0.25) is 0 Å². The van der Waals surface area contributed by atoms with Crippen LogP contribution in [0, 0.1) is 0 Å². The van der Waals surface area contributed by atoms with Crippen LogP contribution >= 0.6 is 0 Å². The molecule has 2 aliphatic rings. The summed E-state index contributed by atoms with van der Waals surface area (Å²) < 4.78 is 16.3. The number of nitrogens with zero attached hydrogens (tertiary/aromatic N) is 1. The summed E-state index contributed by atoms with van der Waals surface area (Å²) >= 11 is 0. The van der Waals surface area contributed by atoms with Gasteiger partial charge in [-0.1, -0.05) is 0 Å². The van der Waals surface area contributed by atoms with Gasteiger partial charge in [0.05, 0.1) is 19.3 Å². The molecule has 3 rings (SSSR count). The average molecular weight is 294 g/mol. The largest absolute Gasteiger partial charge is 0.486 e. The first-order valence-corrected chi connectivity index (χ1v) is 7.43. The Hall–Kier alpha value is -1.50. The quantitative estimate of drug-likeness (QED) is 0.827. The summed E-state index contributed by atoms with van der Waals surface area (Å²) in [5.74, 6) is 1.54. The molecule has 0 saturated carbocycles. The zero-order valence-corrected chi connectivity index (χ0v) is 12.1. The van der Waals surface area contributed by atoms with E-state index >= 15 is 0 Å². The number of morpholine rings is 1. The molecule has 116 valence electrons. The van der Waals surface area contributed by atoms with E-state index in [1.807, 2.05) is 18.2 Å². The monoisotopic (exact) mass is 294 g/mol. The molecule has 1 aromatic rings. The predicted octanol–water partition coefficient (Wildman–Crippen LogP) is 0.563. The molecule has 2 aliphatic heterocycles. The van der Waals surface area contributed by atoms with E-state index in [1.165, 1.54) is 0 Å². The number of aliphatic hydroxyl groups is 1. The molecule has 1 fully saturated rings. The molecule has 0 radical (unpaired) electrons. The van der Waals surface area contributed by atoms with E-state index in [0.717, 1.165) is 43.5 Å². The van der Waals surface area contributed by atoms with Crippen LogP contribution in [0.15, 0.2) is 18.2 Å². The predicted molar refractivity (Wildman–Crippen MR) is 79.2 cm³/mol. The lowest BCUT2D eigenvalue weighted by molar-refractivity contribution is 0.0171. The van der Waals surface area contributed by atoms with Crippen LogP contribution < -0.4 is 14.8 Å². The summed E-state index contributed by atoms with van der Waals surface area (Å²) in [6.45, 7) is 5.64. The molecule has 0 aliphatic carbocycles. The molecule has 1 aromatic carbocycles. The average Bonchev–Trinajstić information content (AvgIpc) is 2.54. The molecule has 0 spiro atoms. The molecular formula is C15H22N2O4. The lowest BCUT2D eigenvalue weighted by Gasteiger charge is -2.28.